The van der Waals surface area contributed by atoms with E-state index in [1.165, 1.54) is 18.3 Å². The maximum absolute atomic E-state index is 10.5. The Morgan fingerprint density at radius 3 is 3.00 bits per heavy atom. The Morgan fingerprint density at radius 2 is 2.60 bits per heavy atom. The molecule has 0 fully saturated rings. The summed E-state index contributed by atoms with van der Waals surface area (Å²) in [5, 5.41) is 4.28. The van der Waals surface area contributed by atoms with Gasteiger partial charge in [0.15, 0.2) is 0 Å². The third-order valence-corrected chi connectivity index (χ3v) is 1.86. The quantitative estimate of drug-likeness (QED) is 0.632. The number of anilines is 1. The van der Waals surface area contributed by atoms with Crippen LogP contribution in [0.2, 0.25) is 0 Å². The topological polar surface area (TPSA) is 42.0 Å². The van der Waals surface area contributed by atoms with Gasteiger partial charge in [-0.3, -0.25) is 4.79 Å². The number of nitrogens with zero attached hydrogens (tertiary/aromatic N) is 1. The van der Waals surface area contributed by atoms with Crippen LogP contribution in [0.4, 0.5) is 5.82 Å². The van der Waals surface area contributed by atoms with E-state index in [1.807, 2.05) is 0 Å². The van der Waals surface area contributed by atoms with Gasteiger partial charge in [0.2, 0.25) is 5.91 Å². The number of aromatic nitrogens is 1. The average molecular weight is 174 g/mol. The zero-order valence-electron chi connectivity index (χ0n) is 5.29. The number of carbonyl (C=O) groups excluding carboxylic acids is 1. The minimum absolute atomic E-state index is 0.112. The average Bonchev–Trinajstić information content (AvgIpc) is 2.13. The molecular weight excluding hydrogens is 168 g/mol. The normalized spacial score (nSPS) is 9.40. The molecule has 1 heterocycles. The molecular formula is C5H6N2OS2. The summed E-state index contributed by atoms with van der Waals surface area (Å²) in [4.78, 5) is 14.4. The van der Waals surface area contributed by atoms with E-state index in [1.54, 1.807) is 5.38 Å². The summed E-state index contributed by atoms with van der Waals surface area (Å²) in [5.41, 5.74) is 0. The van der Waals surface area contributed by atoms with Crippen molar-refractivity contribution < 1.29 is 4.79 Å². The maximum Gasteiger partial charge on any atom is 0.222 e. The highest BCUT2D eigenvalue weighted by Crippen LogP contribution is 2.16. The molecule has 1 aromatic rings. The summed E-state index contributed by atoms with van der Waals surface area (Å²) in [5.74, 6) is 0.459. The van der Waals surface area contributed by atoms with Gasteiger partial charge in [0, 0.05) is 12.3 Å². The van der Waals surface area contributed by atoms with E-state index in [4.69, 9.17) is 0 Å². The predicted molar refractivity (Wildman–Crippen MR) is 43.7 cm³/mol. The molecule has 0 aliphatic rings. The highest BCUT2D eigenvalue weighted by atomic mass is 32.2. The number of amides is 1. The lowest BCUT2D eigenvalue weighted by atomic mass is 10.6. The smallest absolute Gasteiger partial charge is 0.222 e. The van der Waals surface area contributed by atoms with Gasteiger partial charge in [-0.25, -0.2) is 4.98 Å². The Kier molecular flexibility index (Phi) is 2.29. The van der Waals surface area contributed by atoms with Gasteiger partial charge in [0.1, 0.15) is 10.2 Å². The van der Waals surface area contributed by atoms with Gasteiger partial charge >= 0.3 is 0 Å². The molecule has 3 nitrogen and oxygen atoms in total. The molecule has 1 aromatic heterocycles. The Bertz CT molecular complexity index is 246. The lowest BCUT2D eigenvalue weighted by Crippen LogP contribution is -2.05. The molecule has 0 aliphatic heterocycles. The molecule has 0 aliphatic carbocycles. The highest BCUT2D eigenvalue weighted by molar-refractivity contribution is 7.82. The van der Waals surface area contributed by atoms with Gasteiger partial charge in [-0.15, -0.1) is 24.0 Å². The fraction of sp³-hybridized carbons (Fsp3) is 0.200. The monoisotopic (exact) mass is 174 g/mol. The first-order chi connectivity index (χ1) is 4.68. The third kappa shape index (κ3) is 2.00. The van der Waals surface area contributed by atoms with Crippen molar-refractivity contribution in [2.24, 2.45) is 0 Å². The van der Waals surface area contributed by atoms with E-state index in [2.05, 4.69) is 22.9 Å². The maximum atomic E-state index is 10.5. The minimum atomic E-state index is -0.112. The fourth-order valence-corrected chi connectivity index (χ4v) is 1.25. The molecule has 10 heavy (non-hydrogen) atoms. The molecule has 1 N–H and O–H groups in total. The molecule has 1 rings (SSSR count). The first kappa shape index (κ1) is 7.56. The summed E-state index contributed by atoms with van der Waals surface area (Å²) >= 11 is 5.37. The molecule has 5 heteroatoms. The van der Waals surface area contributed by atoms with Crippen LogP contribution in [0.5, 0.6) is 0 Å². The number of nitrogens with one attached hydrogen (secondary N) is 1. The minimum Gasteiger partial charge on any atom is -0.310 e. The van der Waals surface area contributed by atoms with Crippen molar-refractivity contribution >= 4 is 35.7 Å². The largest absolute Gasteiger partial charge is 0.310 e. The van der Waals surface area contributed by atoms with Gasteiger partial charge in [-0.1, -0.05) is 0 Å². The van der Waals surface area contributed by atoms with Crippen LogP contribution >= 0.6 is 24.0 Å². The standard InChI is InChI=1S/C5H6N2OS2/c1-3(8)6-4-2-10-5(9)7-4/h2H,1H3,(H,6,8)(H,7,9). The SMILES string of the molecule is CC(=O)Nc1csc(S)n1. The van der Waals surface area contributed by atoms with Crippen molar-refractivity contribution in [2.45, 2.75) is 11.3 Å². The lowest BCUT2D eigenvalue weighted by molar-refractivity contribution is -0.114. The van der Waals surface area contributed by atoms with Crippen molar-refractivity contribution in [1.29, 1.82) is 0 Å². The molecule has 0 aromatic carbocycles. The molecule has 0 spiro atoms. The molecule has 1 amide bonds. The van der Waals surface area contributed by atoms with Gasteiger partial charge in [-0.05, 0) is 0 Å². The van der Waals surface area contributed by atoms with Crippen LogP contribution in [0, 0.1) is 0 Å². The van der Waals surface area contributed by atoms with Crippen LogP contribution < -0.4 is 5.32 Å². The van der Waals surface area contributed by atoms with E-state index in [-0.39, 0.29) is 5.91 Å². The Balaban J connectivity index is 2.67. The van der Waals surface area contributed by atoms with Crippen LogP contribution in [0.1, 0.15) is 6.92 Å². The molecule has 0 saturated heterocycles. The van der Waals surface area contributed by atoms with Crippen LogP contribution in [-0.2, 0) is 4.79 Å². The summed E-state index contributed by atoms with van der Waals surface area (Å²) in [6.45, 7) is 1.44. The van der Waals surface area contributed by atoms with Gasteiger partial charge in [0.25, 0.3) is 0 Å². The second-order valence-electron chi connectivity index (χ2n) is 1.70. The Labute approximate surface area is 67.9 Å². The van der Waals surface area contributed by atoms with Gasteiger partial charge in [-0.2, -0.15) is 0 Å². The number of thiazole rings is 1. The first-order valence-electron chi connectivity index (χ1n) is 2.60. The van der Waals surface area contributed by atoms with Crippen LogP contribution in [0.15, 0.2) is 9.72 Å². The molecule has 54 valence electrons. The number of rotatable bonds is 1. The highest BCUT2D eigenvalue weighted by Gasteiger charge is 1.98. The summed E-state index contributed by atoms with van der Waals surface area (Å²) < 4.78 is 0.656. The zero-order chi connectivity index (χ0) is 7.56. The molecule has 0 saturated carbocycles. The van der Waals surface area contributed by atoms with Crippen molar-refractivity contribution in [3.8, 4) is 0 Å². The fourth-order valence-electron chi connectivity index (χ4n) is 0.502. The Morgan fingerprint density at radius 1 is 1.90 bits per heavy atom. The van der Waals surface area contributed by atoms with Gasteiger partial charge in [0.05, 0.1) is 0 Å². The number of thiol groups is 1. The summed E-state index contributed by atoms with van der Waals surface area (Å²) in [7, 11) is 0. The number of carbonyl (C=O) groups is 1. The first-order valence-corrected chi connectivity index (χ1v) is 3.93. The van der Waals surface area contributed by atoms with E-state index >= 15 is 0 Å². The lowest BCUT2D eigenvalue weighted by Gasteiger charge is -1.91. The summed E-state index contributed by atoms with van der Waals surface area (Å²) in [6.07, 6.45) is 0. The van der Waals surface area contributed by atoms with Gasteiger partial charge < -0.3 is 5.32 Å². The van der Waals surface area contributed by atoms with Crippen molar-refractivity contribution in [3.05, 3.63) is 5.38 Å². The molecule has 0 atom stereocenters. The van der Waals surface area contributed by atoms with Crippen LogP contribution in [0.3, 0.4) is 0 Å². The van der Waals surface area contributed by atoms with Crippen LogP contribution in [-0.4, -0.2) is 10.9 Å². The van der Waals surface area contributed by atoms with E-state index < -0.39 is 0 Å². The van der Waals surface area contributed by atoms with Crippen molar-refractivity contribution in [2.75, 3.05) is 5.32 Å². The molecule has 0 unspecified atom stereocenters. The number of hydrogen-bond acceptors (Lipinski definition) is 4. The van der Waals surface area contributed by atoms with Crippen molar-refractivity contribution in [3.63, 3.8) is 0 Å². The second kappa shape index (κ2) is 3.03. The summed E-state index contributed by atoms with van der Waals surface area (Å²) in [6, 6.07) is 0. The zero-order valence-corrected chi connectivity index (χ0v) is 7.00. The van der Waals surface area contributed by atoms with Crippen molar-refractivity contribution in [1.82, 2.24) is 4.98 Å². The Hall–Kier alpha value is -0.550. The van der Waals surface area contributed by atoms with E-state index in [0.717, 1.165) is 0 Å². The molecule has 0 bridgehead atoms. The van der Waals surface area contributed by atoms with E-state index in [0.29, 0.717) is 10.2 Å². The van der Waals surface area contributed by atoms with Crippen LogP contribution in [0.25, 0.3) is 0 Å². The second-order valence-corrected chi connectivity index (χ2v) is 3.28. The van der Waals surface area contributed by atoms with E-state index in [9.17, 15) is 4.79 Å². The third-order valence-electron chi connectivity index (χ3n) is 0.796. The number of hydrogen-bond donors (Lipinski definition) is 2. The molecule has 0 radical (unpaired) electrons. The predicted octanol–water partition coefficient (Wildman–Crippen LogP) is 1.39.